The number of thiazole rings is 1. The molecule has 1 aromatic heterocycles. The molecule has 0 saturated heterocycles. The Morgan fingerprint density at radius 1 is 1.07 bits per heavy atom. The Balaban J connectivity index is 1.54. The molecule has 146 valence electrons. The summed E-state index contributed by atoms with van der Waals surface area (Å²) in [5.74, 6) is -2.43. The van der Waals surface area contributed by atoms with Gasteiger partial charge in [-0.25, -0.2) is 22.2 Å². The lowest BCUT2D eigenvalue weighted by molar-refractivity contribution is -0.116. The molecule has 9 heteroatoms. The molecule has 0 aliphatic heterocycles. The average molecular weight is 422 g/mol. The fourth-order valence-electron chi connectivity index (χ4n) is 2.47. The van der Waals surface area contributed by atoms with Crippen LogP contribution in [0.15, 0.2) is 58.8 Å². The fraction of sp³-hybridized carbons (Fsp3) is 0.158. The molecule has 1 N–H and O–H groups in total. The van der Waals surface area contributed by atoms with Crippen LogP contribution in [0.3, 0.4) is 0 Å². The standard InChI is InChI=1S/C19H16F2N2O3S2/c20-15-9-8-13(11-16(15)21)17-12-27-19(22-17)23-18(24)7-4-10-28(25,26)14-5-2-1-3-6-14/h1-3,5-6,8-9,11-12H,4,7,10H2,(H,22,23,24). The Kier molecular flexibility index (Phi) is 6.15. The lowest BCUT2D eigenvalue weighted by atomic mass is 10.2. The van der Waals surface area contributed by atoms with Crippen molar-refractivity contribution < 1.29 is 22.0 Å². The maximum absolute atomic E-state index is 13.3. The first-order chi connectivity index (χ1) is 13.3. The van der Waals surface area contributed by atoms with E-state index in [1.54, 1.807) is 23.6 Å². The summed E-state index contributed by atoms with van der Waals surface area (Å²) in [6.45, 7) is 0. The predicted molar refractivity (Wildman–Crippen MR) is 104 cm³/mol. The largest absolute Gasteiger partial charge is 0.302 e. The van der Waals surface area contributed by atoms with E-state index >= 15 is 0 Å². The van der Waals surface area contributed by atoms with Crippen LogP contribution in [0.1, 0.15) is 12.8 Å². The van der Waals surface area contributed by atoms with E-state index in [0.29, 0.717) is 16.4 Å². The topological polar surface area (TPSA) is 76.1 Å². The molecule has 0 saturated carbocycles. The molecule has 1 heterocycles. The van der Waals surface area contributed by atoms with Crippen molar-refractivity contribution in [2.24, 2.45) is 0 Å². The minimum absolute atomic E-state index is 0.0200. The number of carbonyl (C=O) groups excluding carboxylic acids is 1. The molecule has 0 spiro atoms. The van der Waals surface area contributed by atoms with Crippen molar-refractivity contribution >= 4 is 32.2 Å². The van der Waals surface area contributed by atoms with E-state index in [2.05, 4.69) is 10.3 Å². The molecule has 28 heavy (non-hydrogen) atoms. The smallest absolute Gasteiger partial charge is 0.226 e. The quantitative estimate of drug-likeness (QED) is 0.617. The molecular weight excluding hydrogens is 406 g/mol. The first kappa shape index (κ1) is 20.1. The summed E-state index contributed by atoms with van der Waals surface area (Å²) in [6, 6.07) is 11.5. The molecule has 5 nitrogen and oxygen atoms in total. The van der Waals surface area contributed by atoms with Gasteiger partial charge in [0.25, 0.3) is 0 Å². The van der Waals surface area contributed by atoms with Gasteiger partial charge in [0, 0.05) is 17.4 Å². The molecule has 0 atom stereocenters. The van der Waals surface area contributed by atoms with Crippen molar-refractivity contribution in [1.82, 2.24) is 4.98 Å². The Morgan fingerprint density at radius 3 is 2.54 bits per heavy atom. The number of rotatable bonds is 7. The number of aromatic nitrogens is 1. The van der Waals surface area contributed by atoms with Gasteiger partial charge >= 0.3 is 0 Å². The van der Waals surface area contributed by atoms with Gasteiger partial charge in [-0.05, 0) is 36.8 Å². The van der Waals surface area contributed by atoms with Gasteiger partial charge in [-0.1, -0.05) is 18.2 Å². The summed E-state index contributed by atoms with van der Waals surface area (Å²) in [5.41, 5.74) is 0.801. The molecule has 0 bridgehead atoms. The number of nitrogens with zero attached hydrogens (tertiary/aromatic N) is 1. The zero-order valence-corrected chi connectivity index (χ0v) is 16.2. The van der Waals surface area contributed by atoms with Crippen molar-refractivity contribution in [3.05, 3.63) is 65.5 Å². The Bertz CT molecular complexity index is 1080. The summed E-state index contributed by atoms with van der Waals surface area (Å²) in [6.07, 6.45) is 0.191. The molecule has 0 unspecified atom stereocenters. The number of halogens is 2. The van der Waals surface area contributed by atoms with Gasteiger partial charge in [0.1, 0.15) is 0 Å². The van der Waals surface area contributed by atoms with Crippen LogP contribution in [0.25, 0.3) is 11.3 Å². The van der Waals surface area contributed by atoms with Crippen molar-refractivity contribution in [3.63, 3.8) is 0 Å². The summed E-state index contributed by atoms with van der Waals surface area (Å²) in [4.78, 5) is 16.4. The molecular formula is C19H16F2N2O3S2. The zero-order valence-electron chi connectivity index (χ0n) is 14.6. The second-order valence-electron chi connectivity index (χ2n) is 5.95. The van der Waals surface area contributed by atoms with Crippen molar-refractivity contribution in [1.29, 1.82) is 0 Å². The third-order valence-corrected chi connectivity index (χ3v) is 6.46. The predicted octanol–water partition coefficient (Wildman–Crippen LogP) is 4.28. The summed E-state index contributed by atoms with van der Waals surface area (Å²) >= 11 is 1.14. The normalized spacial score (nSPS) is 11.4. The van der Waals surface area contributed by atoms with E-state index < -0.39 is 21.5 Å². The number of nitrogens with one attached hydrogen (secondary N) is 1. The molecule has 0 aliphatic rings. The summed E-state index contributed by atoms with van der Waals surface area (Å²) in [7, 11) is -3.43. The number of sulfone groups is 1. The number of benzene rings is 2. The Morgan fingerprint density at radius 2 is 1.82 bits per heavy atom. The summed E-state index contributed by atoms with van der Waals surface area (Å²) < 4.78 is 50.7. The zero-order chi connectivity index (χ0) is 20.1. The second kappa shape index (κ2) is 8.57. The highest BCUT2D eigenvalue weighted by Crippen LogP contribution is 2.26. The van der Waals surface area contributed by atoms with E-state index in [1.165, 1.54) is 18.2 Å². The van der Waals surface area contributed by atoms with Crippen molar-refractivity contribution in [2.75, 3.05) is 11.1 Å². The average Bonchev–Trinajstić information content (AvgIpc) is 3.13. The van der Waals surface area contributed by atoms with Gasteiger partial charge in [-0.2, -0.15) is 0 Å². The number of anilines is 1. The van der Waals surface area contributed by atoms with Crippen LogP contribution in [0, 0.1) is 11.6 Å². The lowest BCUT2D eigenvalue weighted by Crippen LogP contribution is -2.14. The van der Waals surface area contributed by atoms with Crippen molar-refractivity contribution in [2.45, 2.75) is 17.7 Å². The minimum atomic E-state index is -3.43. The third kappa shape index (κ3) is 4.99. The van der Waals surface area contributed by atoms with Gasteiger partial charge in [-0.15, -0.1) is 11.3 Å². The first-order valence-corrected chi connectivity index (χ1v) is 10.9. The van der Waals surface area contributed by atoms with E-state index in [4.69, 9.17) is 0 Å². The number of amides is 1. The molecule has 2 aromatic carbocycles. The van der Waals surface area contributed by atoms with E-state index in [9.17, 15) is 22.0 Å². The highest BCUT2D eigenvalue weighted by molar-refractivity contribution is 7.91. The van der Waals surface area contributed by atoms with Crippen LogP contribution < -0.4 is 5.32 Å². The number of hydrogen-bond acceptors (Lipinski definition) is 5. The second-order valence-corrected chi connectivity index (χ2v) is 8.92. The molecule has 0 aliphatic carbocycles. The number of hydrogen-bond donors (Lipinski definition) is 1. The van der Waals surface area contributed by atoms with Crippen LogP contribution in [0.4, 0.5) is 13.9 Å². The van der Waals surface area contributed by atoms with Crippen LogP contribution in [0.2, 0.25) is 0 Å². The van der Waals surface area contributed by atoms with Gasteiger partial charge in [0.2, 0.25) is 5.91 Å². The summed E-state index contributed by atoms with van der Waals surface area (Å²) in [5, 5.41) is 4.50. The monoisotopic (exact) mass is 422 g/mol. The highest BCUT2D eigenvalue weighted by Gasteiger charge is 2.15. The molecule has 0 fully saturated rings. The Hall–Kier alpha value is -2.65. The van der Waals surface area contributed by atoms with Crippen molar-refractivity contribution in [3.8, 4) is 11.3 Å². The molecule has 3 aromatic rings. The van der Waals surface area contributed by atoms with Gasteiger partial charge in [0.15, 0.2) is 26.6 Å². The van der Waals surface area contributed by atoms with Crippen LogP contribution >= 0.6 is 11.3 Å². The SMILES string of the molecule is O=C(CCCS(=O)(=O)c1ccccc1)Nc1nc(-c2ccc(F)c(F)c2)cs1. The Labute approximate surface area is 165 Å². The van der Waals surface area contributed by atoms with Crippen LogP contribution in [-0.2, 0) is 14.6 Å². The maximum atomic E-state index is 13.3. The van der Waals surface area contributed by atoms with E-state index in [0.717, 1.165) is 23.5 Å². The number of carbonyl (C=O) groups is 1. The molecule has 0 radical (unpaired) electrons. The fourth-order valence-corrected chi connectivity index (χ4v) is 4.54. The maximum Gasteiger partial charge on any atom is 0.226 e. The highest BCUT2D eigenvalue weighted by atomic mass is 32.2. The molecule has 1 amide bonds. The van der Waals surface area contributed by atoms with E-state index in [1.807, 2.05) is 0 Å². The molecule has 3 rings (SSSR count). The van der Waals surface area contributed by atoms with Gasteiger partial charge in [0.05, 0.1) is 16.3 Å². The minimum Gasteiger partial charge on any atom is -0.302 e. The van der Waals surface area contributed by atoms with Gasteiger partial charge < -0.3 is 5.32 Å². The van der Waals surface area contributed by atoms with Crippen LogP contribution in [-0.4, -0.2) is 25.1 Å². The van der Waals surface area contributed by atoms with E-state index in [-0.39, 0.29) is 29.4 Å². The lowest BCUT2D eigenvalue weighted by Gasteiger charge is -2.04. The van der Waals surface area contributed by atoms with Gasteiger partial charge in [-0.3, -0.25) is 4.79 Å². The third-order valence-electron chi connectivity index (χ3n) is 3.89. The van der Waals surface area contributed by atoms with Crippen LogP contribution in [0.5, 0.6) is 0 Å². The first-order valence-electron chi connectivity index (χ1n) is 8.34.